The van der Waals surface area contributed by atoms with Crippen molar-refractivity contribution in [1.29, 1.82) is 0 Å². The molecule has 0 saturated heterocycles. The molecule has 2 heteroatoms. The molecule has 1 aliphatic heterocycles. The third-order valence-electron chi connectivity index (χ3n) is 3.18. The van der Waals surface area contributed by atoms with E-state index in [9.17, 15) is 0 Å². The van der Waals surface area contributed by atoms with Crippen molar-refractivity contribution in [2.45, 2.75) is 51.0 Å². The summed E-state index contributed by atoms with van der Waals surface area (Å²) in [7, 11) is 0. The Morgan fingerprint density at radius 2 is 1.92 bits per heavy atom. The van der Waals surface area contributed by atoms with Crippen LogP contribution >= 0.6 is 0 Å². The first kappa shape index (κ1) is 8.92. The predicted molar refractivity (Wildman–Crippen MR) is 56.6 cm³/mol. The van der Waals surface area contributed by atoms with Crippen LogP contribution in [-0.2, 0) is 0 Å². The Bertz CT molecular complexity index is 190. The van der Waals surface area contributed by atoms with E-state index >= 15 is 0 Å². The molecule has 1 unspecified atom stereocenters. The minimum Gasteiger partial charge on any atom is -0.264 e. The van der Waals surface area contributed by atoms with Crippen LogP contribution in [-0.4, -0.2) is 18.6 Å². The van der Waals surface area contributed by atoms with Crippen LogP contribution in [0.15, 0.2) is 9.98 Å². The summed E-state index contributed by atoms with van der Waals surface area (Å²) in [6.07, 6.45) is 13.5. The summed E-state index contributed by atoms with van der Waals surface area (Å²) >= 11 is 0. The SMILES string of the molecule is C1=NC=NC1CCC1CCCCC1. The van der Waals surface area contributed by atoms with Gasteiger partial charge >= 0.3 is 0 Å². The molecular weight excluding hydrogens is 160 g/mol. The highest BCUT2D eigenvalue weighted by Crippen LogP contribution is 2.27. The average molecular weight is 178 g/mol. The summed E-state index contributed by atoms with van der Waals surface area (Å²) in [5.41, 5.74) is 0. The lowest BCUT2D eigenvalue weighted by atomic mass is 9.85. The molecule has 0 aromatic rings. The zero-order valence-corrected chi connectivity index (χ0v) is 8.15. The van der Waals surface area contributed by atoms with Crippen molar-refractivity contribution in [3.8, 4) is 0 Å². The van der Waals surface area contributed by atoms with Gasteiger partial charge in [0.2, 0.25) is 0 Å². The first-order valence-electron chi connectivity index (χ1n) is 5.50. The average Bonchev–Trinajstić information content (AvgIpc) is 2.69. The van der Waals surface area contributed by atoms with Gasteiger partial charge in [0.15, 0.2) is 0 Å². The lowest BCUT2D eigenvalue weighted by molar-refractivity contribution is 0.331. The van der Waals surface area contributed by atoms with Crippen molar-refractivity contribution in [3.63, 3.8) is 0 Å². The smallest absolute Gasteiger partial charge is 0.110 e. The summed E-state index contributed by atoms with van der Waals surface area (Å²) in [6, 6.07) is 0.405. The van der Waals surface area contributed by atoms with E-state index in [1.54, 1.807) is 6.34 Å². The van der Waals surface area contributed by atoms with Crippen LogP contribution in [0.5, 0.6) is 0 Å². The third-order valence-corrected chi connectivity index (χ3v) is 3.18. The molecule has 0 radical (unpaired) electrons. The Morgan fingerprint density at radius 3 is 2.62 bits per heavy atom. The Labute approximate surface area is 80.2 Å². The Morgan fingerprint density at radius 1 is 1.08 bits per heavy atom. The Kier molecular flexibility index (Phi) is 3.11. The molecule has 2 rings (SSSR count). The molecule has 0 N–H and O–H groups in total. The molecule has 1 aliphatic carbocycles. The summed E-state index contributed by atoms with van der Waals surface area (Å²) < 4.78 is 0. The lowest BCUT2D eigenvalue weighted by Gasteiger charge is -2.21. The van der Waals surface area contributed by atoms with Gasteiger partial charge in [-0.25, -0.2) is 4.99 Å². The molecule has 1 fully saturated rings. The molecular formula is C11H18N2. The minimum atomic E-state index is 0.405. The van der Waals surface area contributed by atoms with E-state index in [0.717, 1.165) is 5.92 Å². The number of hydrogen-bond donors (Lipinski definition) is 0. The van der Waals surface area contributed by atoms with Crippen molar-refractivity contribution < 1.29 is 0 Å². The van der Waals surface area contributed by atoms with Crippen molar-refractivity contribution in [2.24, 2.45) is 15.9 Å². The summed E-state index contributed by atoms with van der Waals surface area (Å²) in [5, 5.41) is 0. The molecule has 0 amide bonds. The van der Waals surface area contributed by atoms with Gasteiger partial charge in [0.1, 0.15) is 6.34 Å². The van der Waals surface area contributed by atoms with Crippen molar-refractivity contribution >= 4 is 12.6 Å². The van der Waals surface area contributed by atoms with E-state index in [4.69, 9.17) is 0 Å². The van der Waals surface area contributed by atoms with Crippen molar-refractivity contribution in [1.82, 2.24) is 0 Å². The van der Waals surface area contributed by atoms with Crippen LogP contribution in [0.2, 0.25) is 0 Å². The quantitative estimate of drug-likeness (QED) is 0.635. The lowest BCUT2D eigenvalue weighted by Crippen LogP contribution is -2.10. The van der Waals surface area contributed by atoms with Crippen LogP contribution in [0, 0.1) is 5.92 Å². The number of hydrogen-bond acceptors (Lipinski definition) is 2. The monoisotopic (exact) mass is 178 g/mol. The fraction of sp³-hybridized carbons (Fsp3) is 0.818. The number of aliphatic imine (C=N–C) groups is 2. The zero-order valence-electron chi connectivity index (χ0n) is 8.15. The summed E-state index contributed by atoms with van der Waals surface area (Å²) in [4.78, 5) is 8.28. The van der Waals surface area contributed by atoms with Gasteiger partial charge < -0.3 is 0 Å². The van der Waals surface area contributed by atoms with Crippen LogP contribution < -0.4 is 0 Å². The van der Waals surface area contributed by atoms with Crippen molar-refractivity contribution in [3.05, 3.63) is 0 Å². The zero-order chi connectivity index (χ0) is 8.93. The van der Waals surface area contributed by atoms with Gasteiger partial charge in [-0.1, -0.05) is 32.1 Å². The van der Waals surface area contributed by atoms with Gasteiger partial charge in [-0.05, 0) is 18.8 Å². The fourth-order valence-electron chi connectivity index (χ4n) is 2.33. The molecule has 0 spiro atoms. The van der Waals surface area contributed by atoms with Crippen LogP contribution in [0.25, 0.3) is 0 Å². The van der Waals surface area contributed by atoms with Crippen LogP contribution in [0.1, 0.15) is 44.9 Å². The molecule has 0 aromatic heterocycles. The molecule has 2 aliphatic rings. The third kappa shape index (κ3) is 2.64. The number of nitrogens with zero attached hydrogens (tertiary/aromatic N) is 2. The van der Waals surface area contributed by atoms with Crippen molar-refractivity contribution in [2.75, 3.05) is 0 Å². The standard InChI is InChI=1S/C11H18N2/c1-2-4-10(5-3-1)6-7-11-8-12-9-13-11/h8-11H,1-7H2. The van der Waals surface area contributed by atoms with E-state index in [1.165, 1.54) is 44.9 Å². The van der Waals surface area contributed by atoms with Crippen LogP contribution in [0.4, 0.5) is 0 Å². The number of rotatable bonds is 3. The topological polar surface area (TPSA) is 24.7 Å². The molecule has 0 aromatic carbocycles. The Balaban J connectivity index is 1.66. The van der Waals surface area contributed by atoms with Gasteiger partial charge in [-0.15, -0.1) is 0 Å². The van der Waals surface area contributed by atoms with E-state index in [1.807, 2.05) is 6.21 Å². The second-order valence-electron chi connectivity index (χ2n) is 4.21. The normalized spacial score (nSPS) is 28.5. The predicted octanol–water partition coefficient (Wildman–Crippen LogP) is 2.83. The maximum Gasteiger partial charge on any atom is 0.110 e. The summed E-state index contributed by atoms with van der Waals surface area (Å²) in [5.74, 6) is 0.984. The molecule has 2 nitrogen and oxygen atoms in total. The van der Waals surface area contributed by atoms with Crippen LogP contribution in [0.3, 0.4) is 0 Å². The second kappa shape index (κ2) is 4.54. The second-order valence-corrected chi connectivity index (χ2v) is 4.21. The molecule has 1 saturated carbocycles. The van der Waals surface area contributed by atoms with E-state index < -0.39 is 0 Å². The highest BCUT2D eigenvalue weighted by atomic mass is 14.9. The van der Waals surface area contributed by atoms with Gasteiger partial charge in [-0.2, -0.15) is 0 Å². The van der Waals surface area contributed by atoms with Gasteiger partial charge in [0.05, 0.1) is 6.04 Å². The highest BCUT2D eigenvalue weighted by Gasteiger charge is 2.15. The van der Waals surface area contributed by atoms with Gasteiger partial charge in [0, 0.05) is 6.21 Å². The van der Waals surface area contributed by atoms with E-state index in [0.29, 0.717) is 6.04 Å². The molecule has 72 valence electrons. The maximum atomic E-state index is 4.27. The van der Waals surface area contributed by atoms with Gasteiger partial charge in [-0.3, -0.25) is 4.99 Å². The molecule has 1 heterocycles. The fourth-order valence-corrected chi connectivity index (χ4v) is 2.33. The largest absolute Gasteiger partial charge is 0.264 e. The Hall–Kier alpha value is -0.660. The van der Waals surface area contributed by atoms with Gasteiger partial charge in [0.25, 0.3) is 0 Å². The minimum absolute atomic E-state index is 0.405. The highest BCUT2D eigenvalue weighted by molar-refractivity contribution is 5.82. The van der Waals surface area contributed by atoms with E-state index in [2.05, 4.69) is 9.98 Å². The first-order valence-corrected chi connectivity index (χ1v) is 5.50. The summed E-state index contributed by atoms with van der Waals surface area (Å²) in [6.45, 7) is 0. The first-order chi connectivity index (χ1) is 6.45. The molecule has 0 bridgehead atoms. The maximum absolute atomic E-state index is 4.27. The molecule has 1 atom stereocenters. The molecule has 13 heavy (non-hydrogen) atoms. The van der Waals surface area contributed by atoms with E-state index in [-0.39, 0.29) is 0 Å².